The molecule has 1 aromatic carbocycles. The first-order valence-corrected chi connectivity index (χ1v) is 10.0. The highest BCUT2D eigenvalue weighted by Gasteiger charge is 2.43. The van der Waals surface area contributed by atoms with Crippen molar-refractivity contribution >= 4 is 27.2 Å². The number of nitrogens with one attached hydrogen (secondary N) is 1. The number of ether oxygens (including phenoxy) is 2. The Kier molecular flexibility index (Phi) is 5.12. The van der Waals surface area contributed by atoms with Crippen LogP contribution in [0.3, 0.4) is 0 Å². The summed E-state index contributed by atoms with van der Waals surface area (Å²) >= 11 is 0. The number of carbonyl (C=O) groups excluding carboxylic acids is 2. The monoisotopic (exact) mass is 380 g/mol. The first-order valence-electron chi connectivity index (χ1n) is 8.16. The lowest BCUT2D eigenvalue weighted by atomic mass is 10.1. The lowest BCUT2D eigenvalue weighted by Crippen LogP contribution is -2.43. The van der Waals surface area contributed by atoms with E-state index in [1.165, 1.54) is 18.2 Å². The van der Waals surface area contributed by atoms with Crippen LogP contribution in [-0.2, 0) is 24.0 Å². The maximum Gasteiger partial charge on any atom is 0.288 e. The number of nitrogens with zero attached hydrogens (tertiary/aromatic N) is 1. The van der Waals surface area contributed by atoms with E-state index in [9.17, 15) is 18.9 Å². The molecule has 1 spiro atoms. The van der Waals surface area contributed by atoms with Gasteiger partial charge in [0, 0.05) is 17.9 Å². The smallest absolute Gasteiger partial charge is 0.288 e. The molecule has 2 aliphatic heterocycles. The number of phenolic OH excluding ortho intramolecular Hbond substituents is 1. The topological polar surface area (TPSA) is 114 Å². The highest BCUT2D eigenvalue weighted by Crippen LogP contribution is 2.33. The standard InChI is InChI=1S/C17H20N2O6S/c1-2-15(21)18-12-4-5-14(20)13(10-12)16(22)19-26(23)9-3-6-17(11-26)24-7-8-25-17/h2,4-5,10,20H,1,3,6-9,11H2,(H,18,21). The summed E-state index contributed by atoms with van der Waals surface area (Å²) in [5.74, 6) is -2.21. The first kappa shape index (κ1) is 18.6. The van der Waals surface area contributed by atoms with Crippen LogP contribution in [0.4, 0.5) is 5.69 Å². The van der Waals surface area contributed by atoms with Crippen LogP contribution in [0, 0.1) is 0 Å². The minimum Gasteiger partial charge on any atom is -0.507 e. The van der Waals surface area contributed by atoms with Gasteiger partial charge in [-0.3, -0.25) is 9.59 Å². The van der Waals surface area contributed by atoms with Crippen LogP contribution in [-0.4, -0.2) is 51.6 Å². The fourth-order valence-electron chi connectivity index (χ4n) is 3.04. The highest BCUT2D eigenvalue weighted by atomic mass is 32.2. The summed E-state index contributed by atoms with van der Waals surface area (Å²) in [6, 6.07) is 3.98. The predicted octanol–water partition coefficient (Wildman–Crippen LogP) is 1.66. The number of benzene rings is 1. The highest BCUT2D eigenvalue weighted by molar-refractivity contribution is 7.94. The second kappa shape index (κ2) is 7.18. The summed E-state index contributed by atoms with van der Waals surface area (Å²) in [4.78, 5) is 23.9. The van der Waals surface area contributed by atoms with Crippen LogP contribution in [0.5, 0.6) is 5.75 Å². The van der Waals surface area contributed by atoms with Crippen molar-refractivity contribution < 1.29 is 28.4 Å². The van der Waals surface area contributed by atoms with Gasteiger partial charge in [-0.15, -0.1) is 0 Å². The molecule has 2 saturated heterocycles. The van der Waals surface area contributed by atoms with Gasteiger partial charge >= 0.3 is 0 Å². The van der Waals surface area contributed by atoms with Gasteiger partial charge in [0.05, 0.1) is 34.3 Å². The maximum atomic E-state index is 13.1. The Labute approximate surface area is 151 Å². The van der Waals surface area contributed by atoms with Gasteiger partial charge in [0.15, 0.2) is 5.79 Å². The molecule has 2 amide bonds. The molecule has 3 rings (SSSR count). The molecule has 0 aliphatic carbocycles. The Morgan fingerprint density at radius 1 is 1.35 bits per heavy atom. The average Bonchev–Trinajstić information content (AvgIpc) is 3.03. The van der Waals surface area contributed by atoms with Crippen molar-refractivity contribution in [3.8, 4) is 5.75 Å². The Morgan fingerprint density at radius 3 is 2.77 bits per heavy atom. The lowest BCUT2D eigenvalue weighted by Gasteiger charge is -2.32. The van der Waals surface area contributed by atoms with Gasteiger partial charge in [-0.05, 0) is 30.7 Å². The lowest BCUT2D eigenvalue weighted by molar-refractivity contribution is -0.145. The molecule has 0 radical (unpaired) electrons. The van der Waals surface area contributed by atoms with E-state index in [1.807, 2.05) is 0 Å². The van der Waals surface area contributed by atoms with Gasteiger partial charge in [0.1, 0.15) is 5.75 Å². The Hall–Kier alpha value is -2.23. The minimum atomic E-state index is -2.88. The number of hydrogen-bond donors (Lipinski definition) is 2. The fourth-order valence-corrected chi connectivity index (χ4v) is 5.33. The first-order chi connectivity index (χ1) is 12.3. The Balaban J connectivity index is 1.87. The number of phenols is 1. The van der Waals surface area contributed by atoms with Gasteiger partial charge in [-0.25, -0.2) is 4.21 Å². The van der Waals surface area contributed by atoms with Crippen molar-refractivity contribution in [2.45, 2.75) is 18.6 Å². The molecule has 9 heteroatoms. The molecule has 0 bridgehead atoms. The SMILES string of the molecule is C=CC(=O)Nc1ccc(O)c(C(=O)N=S2(=O)CCCC3(C2)OCCO3)c1. The van der Waals surface area contributed by atoms with Crippen LogP contribution in [0.2, 0.25) is 0 Å². The molecule has 2 fully saturated rings. The van der Waals surface area contributed by atoms with Crippen LogP contribution < -0.4 is 5.32 Å². The van der Waals surface area contributed by atoms with Gasteiger partial charge in [0.2, 0.25) is 5.91 Å². The third-order valence-corrected chi connectivity index (χ3v) is 6.53. The molecule has 0 saturated carbocycles. The average molecular weight is 380 g/mol. The van der Waals surface area contributed by atoms with Crippen LogP contribution in [0.25, 0.3) is 0 Å². The van der Waals surface area contributed by atoms with E-state index in [0.29, 0.717) is 31.7 Å². The minimum absolute atomic E-state index is 0.0272. The molecule has 2 N–H and O–H groups in total. The largest absolute Gasteiger partial charge is 0.507 e. The van der Waals surface area contributed by atoms with Gasteiger partial charge in [0.25, 0.3) is 5.91 Å². The van der Waals surface area contributed by atoms with E-state index in [0.717, 1.165) is 6.08 Å². The van der Waals surface area contributed by atoms with Crippen molar-refractivity contribution in [3.63, 3.8) is 0 Å². The number of anilines is 1. The zero-order valence-electron chi connectivity index (χ0n) is 14.1. The quantitative estimate of drug-likeness (QED) is 0.609. The third-order valence-electron chi connectivity index (χ3n) is 4.21. The fraction of sp³-hybridized carbons (Fsp3) is 0.412. The van der Waals surface area contributed by atoms with Crippen molar-refractivity contribution in [1.29, 1.82) is 0 Å². The van der Waals surface area contributed by atoms with Crippen LogP contribution in [0.15, 0.2) is 35.2 Å². The van der Waals surface area contributed by atoms with Crippen molar-refractivity contribution in [3.05, 3.63) is 36.4 Å². The third kappa shape index (κ3) is 3.95. The molecular weight excluding hydrogens is 360 g/mol. The molecular formula is C17H20N2O6S. The van der Waals surface area contributed by atoms with Crippen LogP contribution >= 0.6 is 0 Å². The Morgan fingerprint density at radius 2 is 2.08 bits per heavy atom. The molecule has 0 aromatic heterocycles. The van der Waals surface area contributed by atoms with Crippen LogP contribution in [0.1, 0.15) is 23.2 Å². The summed E-state index contributed by atoms with van der Waals surface area (Å²) in [7, 11) is -2.88. The maximum absolute atomic E-state index is 13.1. The summed E-state index contributed by atoms with van der Waals surface area (Å²) in [6.45, 7) is 4.20. The van der Waals surface area contributed by atoms with E-state index in [-0.39, 0.29) is 22.8 Å². The molecule has 8 nitrogen and oxygen atoms in total. The van der Waals surface area contributed by atoms with Crippen molar-refractivity contribution in [2.75, 3.05) is 30.0 Å². The summed E-state index contributed by atoms with van der Waals surface area (Å²) in [5, 5.41) is 12.5. The van der Waals surface area contributed by atoms with E-state index < -0.39 is 27.3 Å². The zero-order chi connectivity index (χ0) is 18.8. The number of hydrogen-bond acceptors (Lipinski definition) is 6. The van der Waals surface area contributed by atoms with E-state index >= 15 is 0 Å². The normalized spacial score (nSPS) is 24.2. The zero-order valence-corrected chi connectivity index (χ0v) is 14.9. The summed E-state index contributed by atoms with van der Waals surface area (Å²) in [5.41, 5.74) is 0.159. The van der Waals surface area contributed by atoms with E-state index in [2.05, 4.69) is 16.3 Å². The van der Waals surface area contributed by atoms with E-state index in [4.69, 9.17) is 9.47 Å². The van der Waals surface area contributed by atoms with Crippen molar-refractivity contribution in [2.24, 2.45) is 4.36 Å². The molecule has 2 aliphatic rings. The number of aromatic hydroxyl groups is 1. The Bertz CT molecular complexity index is 866. The molecule has 26 heavy (non-hydrogen) atoms. The van der Waals surface area contributed by atoms with Gasteiger partial charge in [-0.2, -0.15) is 4.36 Å². The molecule has 140 valence electrons. The van der Waals surface area contributed by atoms with Gasteiger partial charge in [-0.1, -0.05) is 6.58 Å². The molecule has 2 heterocycles. The molecule has 1 unspecified atom stereocenters. The second-order valence-corrected chi connectivity index (χ2v) is 8.58. The predicted molar refractivity (Wildman–Crippen MR) is 95.4 cm³/mol. The van der Waals surface area contributed by atoms with E-state index in [1.54, 1.807) is 0 Å². The number of rotatable bonds is 3. The second-order valence-electron chi connectivity index (χ2n) is 6.15. The molecule has 1 aromatic rings. The summed E-state index contributed by atoms with van der Waals surface area (Å²) in [6.07, 6.45) is 2.26. The number of amides is 2. The molecule has 1 atom stereocenters. The van der Waals surface area contributed by atoms with Crippen molar-refractivity contribution in [1.82, 2.24) is 0 Å². The number of carbonyl (C=O) groups is 2. The summed E-state index contributed by atoms with van der Waals surface area (Å²) < 4.78 is 28.1. The van der Waals surface area contributed by atoms with Gasteiger partial charge < -0.3 is 19.9 Å².